The van der Waals surface area contributed by atoms with Gasteiger partial charge in [0.25, 0.3) is 0 Å². The molecule has 1 saturated heterocycles. The maximum absolute atomic E-state index is 11.1. The number of nitrogens with one attached hydrogen (secondary N) is 1. The van der Waals surface area contributed by atoms with E-state index in [2.05, 4.69) is 32.9 Å². The average molecular weight is 303 g/mol. The van der Waals surface area contributed by atoms with Gasteiger partial charge in [-0.15, -0.1) is 0 Å². The van der Waals surface area contributed by atoms with E-state index in [0.717, 1.165) is 15.9 Å². The van der Waals surface area contributed by atoms with Gasteiger partial charge in [-0.05, 0) is 34.7 Å². The highest BCUT2D eigenvalue weighted by Crippen LogP contribution is 2.14. The first-order chi connectivity index (χ1) is 6.75. The van der Waals surface area contributed by atoms with E-state index in [4.69, 9.17) is 0 Å². The number of anilines is 1. The summed E-state index contributed by atoms with van der Waals surface area (Å²) in [6.07, 6.45) is 1.81. The molecule has 0 atom stereocenters. The van der Waals surface area contributed by atoms with Crippen molar-refractivity contribution in [3.05, 3.63) is 22.0 Å². The van der Waals surface area contributed by atoms with Crippen molar-refractivity contribution in [3.63, 3.8) is 0 Å². The smallest absolute Gasteiger partial charge is 0.239 e. The van der Waals surface area contributed by atoms with E-state index in [-0.39, 0.29) is 5.91 Å². The lowest BCUT2D eigenvalue weighted by Crippen LogP contribution is -2.47. The second-order valence-electron chi connectivity index (χ2n) is 3.11. The fourth-order valence-electron chi connectivity index (χ4n) is 1.41. The van der Waals surface area contributed by atoms with Gasteiger partial charge in [-0.25, -0.2) is 4.98 Å². The molecule has 4 nitrogen and oxygen atoms in total. The largest absolute Gasteiger partial charge is 0.359 e. The molecule has 14 heavy (non-hydrogen) atoms. The third-order valence-corrected chi connectivity index (χ3v) is 2.75. The van der Waals surface area contributed by atoms with Gasteiger partial charge in [0.15, 0.2) is 0 Å². The third kappa shape index (κ3) is 2.14. The van der Waals surface area contributed by atoms with E-state index >= 15 is 0 Å². The monoisotopic (exact) mass is 303 g/mol. The number of amides is 1. The van der Waals surface area contributed by atoms with Crippen molar-refractivity contribution < 1.29 is 4.79 Å². The van der Waals surface area contributed by atoms with Crippen LogP contribution in [0.25, 0.3) is 0 Å². The summed E-state index contributed by atoms with van der Waals surface area (Å²) in [7, 11) is 0. The second kappa shape index (κ2) is 4.12. The highest BCUT2D eigenvalue weighted by Gasteiger charge is 2.16. The van der Waals surface area contributed by atoms with Crippen LogP contribution in [-0.4, -0.2) is 30.5 Å². The summed E-state index contributed by atoms with van der Waals surface area (Å²) in [5.41, 5.74) is 1.01. The van der Waals surface area contributed by atoms with Crippen LogP contribution in [0.4, 0.5) is 5.69 Å². The van der Waals surface area contributed by atoms with E-state index in [1.54, 1.807) is 6.20 Å². The van der Waals surface area contributed by atoms with Crippen molar-refractivity contribution in [2.24, 2.45) is 0 Å². The third-order valence-electron chi connectivity index (χ3n) is 2.12. The fourth-order valence-corrected chi connectivity index (χ4v) is 1.73. The molecular formula is C9H10IN3O. The van der Waals surface area contributed by atoms with E-state index in [1.165, 1.54) is 0 Å². The highest BCUT2D eigenvalue weighted by atomic mass is 127. The van der Waals surface area contributed by atoms with Crippen LogP contribution in [-0.2, 0) is 4.79 Å². The number of carbonyl (C=O) groups is 1. The molecule has 2 heterocycles. The molecule has 0 aromatic carbocycles. The summed E-state index contributed by atoms with van der Waals surface area (Å²) >= 11 is 2.16. The predicted molar refractivity (Wildman–Crippen MR) is 62.2 cm³/mol. The van der Waals surface area contributed by atoms with Crippen LogP contribution in [0.1, 0.15) is 0 Å². The molecule has 0 spiro atoms. The summed E-state index contributed by atoms with van der Waals surface area (Å²) in [4.78, 5) is 17.4. The quantitative estimate of drug-likeness (QED) is 0.611. The number of carbonyl (C=O) groups excluding carboxylic acids is 1. The fraction of sp³-hybridized carbons (Fsp3) is 0.333. The number of rotatable bonds is 1. The van der Waals surface area contributed by atoms with Crippen LogP contribution in [0, 0.1) is 3.70 Å². The molecular weight excluding hydrogens is 293 g/mol. The first kappa shape index (κ1) is 9.70. The molecule has 1 amide bonds. The lowest BCUT2D eigenvalue weighted by Gasteiger charge is -2.28. The Hall–Kier alpha value is -0.850. The summed E-state index contributed by atoms with van der Waals surface area (Å²) in [5.74, 6) is 0.0785. The molecule has 0 aliphatic carbocycles. The Bertz CT molecular complexity index is 338. The number of hydrogen-bond acceptors (Lipinski definition) is 3. The lowest BCUT2D eigenvalue weighted by atomic mass is 10.3. The molecule has 0 radical (unpaired) electrons. The van der Waals surface area contributed by atoms with Gasteiger partial charge in [0.05, 0.1) is 18.4 Å². The maximum Gasteiger partial charge on any atom is 0.239 e. The van der Waals surface area contributed by atoms with E-state index in [1.807, 2.05) is 17.0 Å². The van der Waals surface area contributed by atoms with Crippen LogP contribution in [0.3, 0.4) is 0 Å². The Labute approximate surface area is 95.8 Å². The van der Waals surface area contributed by atoms with Crippen molar-refractivity contribution in [3.8, 4) is 0 Å². The summed E-state index contributed by atoms with van der Waals surface area (Å²) in [6, 6.07) is 3.94. The van der Waals surface area contributed by atoms with Crippen LogP contribution in [0.5, 0.6) is 0 Å². The molecule has 0 unspecified atom stereocenters. The Morgan fingerprint density at radius 2 is 2.36 bits per heavy atom. The van der Waals surface area contributed by atoms with Gasteiger partial charge >= 0.3 is 0 Å². The van der Waals surface area contributed by atoms with E-state index in [9.17, 15) is 4.79 Å². The van der Waals surface area contributed by atoms with Gasteiger partial charge in [0.2, 0.25) is 5.91 Å². The van der Waals surface area contributed by atoms with Crippen LogP contribution in [0.15, 0.2) is 18.3 Å². The SMILES string of the molecule is O=C1CN(c2ccc(I)nc2)CCN1. The van der Waals surface area contributed by atoms with Gasteiger partial charge in [0, 0.05) is 13.1 Å². The second-order valence-corrected chi connectivity index (χ2v) is 4.22. The molecule has 1 fully saturated rings. The maximum atomic E-state index is 11.1. The highest BCUT2D eigenvalue weighted by molar-refractivity contribution is 14.1. The zero-order valence-electron chi connectivity index (χ0n) is 7.53. The zero-order valence-corrected chi connectivity index (χ0v) is 9.69. The van der Waals surface area contributed by atoms with E-state index < -0.39 is 0 Å². The minimum atomic E-state index is 0.0785. The van der Waals surface area contributed by atoms with Gasteiger partial charge < -0.3 is 10.2 Å². The molecule has 1 aromatic rings. The lowest BCUT2D eigenvalue weighted by molar-refractivity contribution is -0.120. The molecule has 74 valence electrons. The van der Waals surface area contributed by atoms with Gasteiger partial charge in [-0.1, -0.05) is 0 Å². The number of halogens is 1. The van der Waals surface area contributed by atoms with Crippen molar-refractivity contribution in [2.45, 2.75) is 0 Å². The average Bonchev–Trinajstić information content (AvgIpc) is 2.19. The summed E-state index contributed by atoms with van der Waals surface area (Å²) in [5, 5.41) is 2.79. The minimum Gasteiger partial charge on any atom is -0.359 e. The van der Waals surface area contributed by atoms with Crippen molar-refractivity contribution in [2.75, 3.05) is 24.5 Å². The van der Waals surface area contributed by atoms with Crippen molar-refractivity contribution in [1.29, 1.82) is 0 Å². The Morgan fingerprint density at radius 3 is 3.00 bits per heavy atom. The van der Waals surface area contributed by atoms with Gasteiger partial charge in [-0.2, -0.15) is 0 Å². The minimum absolute atomic E-state index is 0.0785. The van der Waals surface area contributed by atoms with Crippen molar-refractivity contribution >= 4 is 34.2 Å². The van der Waals surface area contributed by atoms with Crippen LogP contribution in [0.2, 0.25) is 0 Å². The Morgan fingerprint density at radius 1 is 1.50 bits per heavy atom. The Kier molecular flexibility index (Phi) is 2.85. The molecule has 1 aliphatic rings. The standard InChI is InChI=1S/C9H10IN3O/c10-8-2-1-7(5-12-8)13-4-3-11-9(14)6-13/h1-2,5H,3-4,6H2,(H,11,14). The molecule has 1 N–H and O–H groups in total. The molecule has 0 saturated carbocycles. The number of piperazine rings is 1. The molecule has 5 heteroatoms. The topological polar surface area (TPSA) is 45.2 Å². The van der Waals surface area contributed by atoms with Crippen LogP contribution < -0.4 is 10.2 Å². The first-order valence-corrected chi connectivity index (χ1v) is 5.47. The first-order valence-electron chi connectivity index (χ1n) is 4.39. The number of hydrogen-bond donors (Lipinski definition) is 1. The Balaban J connectivity index is 2.14. The summed E-state index contributed by atoms with van der Waals surface area (Å²) < 4.78 is 0.966. The van der Waals surface area contributed by atoms with Crippen molar-refractivity contribution in [1.82, 2.24) is 10.3 Å². The number of nitrogens with zero attached hydrogens (tertiary/aromatic N) is 2. The molecule has 1 aliphatic heterocycles. The van der Waals surface area contributed by atoms with E-state index in [0.29, 0.717) is 13.1 Å². The zero-order chi connectivity index (χ0) is 9.97. The number of aromatic nitrogens is 1. The molecule has 2 rings (SSSR count). The van der Waals surface area contributed by atoms with Gasteiger partial charge in [0.1, 0.15) is 3.70 Å². The predicted octanol–water partition coefficient (Wildman–Crippen LogP) is 0.622. The number of pyridine rings is 1. The normalized spacial score (nSPS) is 16.6. The summed E-state index contributed by atoms with van der Waals surface area (Å²) in [6.45, 7) is 2.00. The van der Waals surface area contributed by atoms with Gasteiger partial charge in [-0.3, -0.25) is 4.79 Å². The van der Waals surface area contributed by atoms with Crippen LogP contribution >= 0.6 is 22.6 Å². The molecule has 0 bridgehead atoms. The molecule has 1 aromatic heterocycles.